The highest BCUT2D eigenvalue weighted by Crippen LogP contribution is 2.18. The lowest BCUT2D eigenvalue weighted by atomic mass is 9.99. The Morgan fingerprint density at radius 3 is 2.61 bits per heavy atom. The average molecular weight is 242 g/mol. The second-order valence-electron chi connectivity index (χ2n) is 4.36. The number of aromatic nitrogens is 2. The Labute approximate surface area is 107 Å². The van der Waals surface area contributed by atoms with E-state index in [1.807, 2.05) is 0 Å². The topological polar surface area (TPSA) is 63.8 Å². The molecule has 94 valence electrons. The lowest BCUT2D eigenvalue weighted by molar-refractivity contribution is 0.513. The van der Waals surface area contributed by atoms with Gasteiger partial charge in [0.05, 0.1) is 0 Å². The molecule has 0 aliphatic rings. The van der Waals surface area contributed by atoms with Gasteiger partial charge in [-0.05, 0) is 30.9 Å². The highest BCUT2D eigenvalue weighted by atomic mass is 15.2. The summed E-state index contributed by atoms with van der Waals surface area (Å²) in [5.41, 5.74) is 6.52. The van der Waals surface area contributed by atoms with Gasteiger partial charge in [-0.1, -0.05) is 24.3 Å². The van der Waals surface area contributed by atoms with Crippen LogP contribution in [-0.4, -0.2) is 9.97 Å². The number of hydrogen-bond acceptors (Lipinski definition) is 4. The normalized spacial score (nSPS) is 12.3. The van der Waals surface area contributed by atoms with Gasteiger partial charge in [-0.15, -0.1) is 0 Å². The molecule has 1 heterocycles. The summed E-state index contributed by atoms with van der Waals surface area (Å²) >= 11 is 0. The molecule has 4 heteroatoms. The van der Waals surface area contributed by atoms with Crippen molar-refractivity contribution in [2.45, 2.75) is 25.8 Å². The molecular formula is C14H18N4. The van der Waals surface area contributed by atoms with Gasteiger partial charge in [0, 0.05) is 24.0 Å². The first-order valence-electron chi connectivity index (χ1n) is 6.07. The third-order valence-electron chi connectivity index (χ3n) is 3.15. The van der Waals surface area contributed by atoms with Crippen LogP contribution in [0.15, 0.2) is 43.0 Å². The van der Waals surface area contributed by atoms with E-state index in [0.717, 1.165) is 18.4 Å². The Hall–Kier alpha value is -1.78. The summed E-state index contributed by atoms with van der Waals surface area (Å²) in [4.78, 5) is 8.04. The molecule has 0 saturated heterocycles. The molecule has 18 heavy (non-hydrogen) atoms. The number of nitrogens with one attached hydrogen (secondary N) is 1. The van der Waals surface area contributed by atoms with Gasteiger partial charge in [0.15, 0.2) is 0 Å². The summed E-state index contributed by atoms with van der Waals surface area (Å²) in [5.74, 6) is 5.60. The molecule has 2 rings (SSSR count). The maximum absolute atomic E-state index is 5.60. The van der Waals surface area contributed by atoms with Crippen molar-refractivity contribution in [1.29, 1.82) is 0 Å². The molecule has 0 saturated carbocycles. The van der Waals surface area contributed by atoms with Crippen LogP contribution in [0.4, 0.5) is 0 Å². The Morgan fingerprint density at radius 2 is 1.94 bits per heavy atom. The van der Waals surface area contributed by atoms with Crippen LogP contribution in [0, 0.1) is 6.92 Å². The minimum absolute atomic E-state index is 0.0887. The molecule has 3 N–H and O–H groups in total. The van der Waals surface area contributed by atoms with Crippen molar-refractivity contribution in [3.63, 3.8) is 0 Å². The Bertz CT molecular complexity index is 484. The second kappa shape index (κ2) is 6.23. The van der Waals surface area contributed by atoms with Crippen molar-refractivity contribution >= 4 is 0 Å². The molecule has 4 nitrogen and oxygen atoms in total. The summed E-state index contributed by atoms with van der Waals surface area (Å²) in [6, 6.07) is 8.50. The third kappa shape index (κ3) is 3.12. The summed E-state index contributed by atoms with van der Waals surface area (Å²) in [6.45, 7) is 2.13. The zero-order valence-corrected chi connectivity index (χ0v) is 10.5. The Morgan fingerprint density at radius 1 is 1.22 bits per heavy atom. The molecule has 0 aliphatic heterocycles. The molecule has 0 amide bonds. The fourth-order valence-corrected chi connectivity index (χ4v) is 2.03. The molecule has 0 radical (unpaired) electrons. The maximum atomic E-state index is 5.60. The van der Waals surface area contributed by atoms with Crippen molar-refractivity contribution in [2.75, 3.05) is 0 Å². The number of benzene rings is 1. The van der Waals surface area contributed by atoms with Crippen LogP contribution in [0.3, 0.4) is 0 Å². The summed E-state index contributed by atoms with van der Waals surface area (Å²) in [5, 5.41) is 0. The van der Waals surface area contributed by atoms with E-state index in [1.54, 1.807) is 12.4 Å². The Kier molecular flexibility index (Phi) is 4.39. The van der Waals surface area contributed by atoms with E-state index in [-0.39, 0.29) is 6.04 Å². The monoisotopic (exact) mass is 242 g/mol. The molecular weight excluding hydrogens is 224 g/mol. The van der Waals surface area contributed by atoms with E-state index < -0.39 is 0 Å². The molecule has 2 aromatic rings. The quantitative estimate of drug-likeness (QED) is 0.621. The van der Waals surface area contributed by atoms with Gasteiger partial charge >= 0.3 is 0 Å². The number of nitrogens with two attached hydrogens (primary N) is 1. The lowest BCUT2D eigenvalue weighted by Gasteiger charge is -2.16. The van der Waals surface area contributed by atoms with E-state index in [9.17, 15) is 0 Å². The van der Waals surface area contributed by atoms with Crippen LogP contribution in [-0.2, 0) is 6.42 Å². The first-order chi connectivity index (χ1) is 8.81. The van der Waals surface area contributed by atoms with Crippen LogP contribution in [0.25, 0.3) is 0 Å². The van der Waals surface area contributed by atoms with Gasteiger partial charge in [-0.25, -0.2) is 9.97 Å². The van der Waals surface area contributed by atoms with Crippen molar-refractivity contribution in [3.05, 3.63) is 59.7 Å². The minimum Gasteiger partial charge on any atom is -0.271 e. The summed E-state index contributed by atoms with van der Waals surface area (Å²) in [6.07, 6.45) is 7.04. The average Bonchev–Trinajstić information content (AvgIpc) is 2.42. The van der Waals surface area contributed by atoms with E-state index >= 15 is 0 Å². The highest BCUT2D eigenvalue weighted by molar-refractivity contribution is 5.26. The molecule has 1 aromatic carbocycles. The largest absolute Gasteiger partial charge is 0.271 e. The summed E-state index contributed by atoms with van der Waals surface area (Å²) < 4.78 is 0. The zero-order chi connectivity index (χ0) is 12.8. The van der Waals surface area contributed by atoms with Gasteiger partial charge in [-0.2, -0.15) is 0 Å². The van der Waals surface area contributed by atoms with Gasteiger partial charge in [0.25, 0.3) is 0 Å². The fourth-order valence-electron chi connectivity index (χ4n) is 2.03. The van der Waals surface area contributed by atoms with Gasteiger partial charge in [0.1, 0.15) is 6.33 Å². The van der Waals surface area contributed by atoms with Crippen molar-refractivity contribution < 1.29 is 0 Å². The Balaban J connectivity index is 2.02. The molecule has 1 unspecified atom stereocenters. The van der Waals surface area contributed by atoms with E-state index in [2.05, 4.69) is 46.6 Å². The van der Waals surface area contributed by atoms with E-state index in [1.165, 1.54) is 17.5 Å². The van der Waals surface area contributed by atoms with Crippen molar-refractivity contribution in [2.24, 2.45) is 5.84 Å². The van der Waals surface area contributed by atoms with Gasteiger partial charge < -0.3 is 0 Å². The fraction of sp³-hybridized carbons (Fsp3) is 0.286. The SMILES string of the molecule is Cc1ccccc1CCC(NN)c1cncnc1. The lowest BCUT2D eigenvalue weighted by Crippen LogP contribution is -2.28. The first-order valence-corrected chi connectivity index (χ1v) is 6.07. The molecule has 0 spiro atoms. The predicted molar refractivity (Wildman–Crippen MR) is 71.6 cm³/mol. The van der Waals surface area contributed by atoms with Crippen LogP contribution in [0.2, 0.25) is 0 Å². The maximum Gasteiger partial charge on any atom is 0.115 e. The van der Waals surface area contributed by atoms with Crippen LogP contribution < -0.4 is 11.3 Å². The number of nitrogens with zero attached hydrogens (tertiary/aromatic N) is 2. The predicted octanol–water partition coefficient (Wildman–Crippen LogP) is 1.92. The molecule has 1 aromatic heterocycles. The van der Waals surface area contributed by atoms with Crippen molar-refractivity contribution in [1.82, 2.24) is 15.4 Å². The number of hydrazine groups is 1. The molecule has 1 atom stereocenters. The standard InChI is InChI=1S/C14H18N4/c1-11-4-2-3-5-12(11)6-7-14(18-15)13-8-16-10-17-9-13/h2-5,8-10,14,18H,6-7,15H2,1H3. The molecule has 0 aliphatic carbocycles. The number of rotatable bonds is 5. The van der Waals surface area contributed by atoms with Crippen molar-refractivity contribution in [3.8, 4) is 0 Å². The smallest absolute Gasteiger partial charge is 0.115 e. The van der Waals surface area contributed by atoms with E-state index in [4.69, 9.17) is 5.84 Å². The molecule has 0 fully saturated rings. The summed E-state index contributed by atoms with van der Waals surface area (Å²) in [7, 11) is 0. The number of aryl methyl sites for hydroxylation is 2. The molecule has 0 bridgehead atoms. The minimum atomic E-state index is 0.0887. The zero-order valence-electron chi connectivity index (χ0n) is 10.5. The number of hydrogen-bond donors (Lipinski definition) is 2. The third-order valence-corrected chi connectivity index (χ3v) is 3.15. The van der Waals surface area contributed by atoms with Gasteiger partial charge in [-0.3, -0.25) is 11.3 Å². The van der Waals surface area contributed by atoms with Crippen LogP contribution in [0.1, 0.15) is 29.2 Å². The highest BCUT2D eigenvalue weighted by Gasteiger charge is 2.10. The van der Waals surface area contributed by atoms with Crippen LogP contribution in [0.5, 0.6) is 0 Å². The van der Waals surface area contributed by atoms with Gasteiger partial charge in [0.2, 0.25) is 0 Å². The van der Waals surface area contributed by atoms with Crippen LogP contribution >= 0.6 is 0 Å². The van der Waals surface area contributed by atoms with E-state index in [0.29, 0.717) is 0 Å². The second-order valence-corrected chi connectivity index (χ2v) is 4.36. The first kappa shape index (κ1) is 12.7.